The minimum absolute atomic E-state index is 0. The van der Waals surface area contributed by atoms with Gasteiger partial charge in [0.25, 0.3) is 0 Å². The average molecular weight is 311 g/mol. The first-order valence-corrected chi connectivity index (χ1v) is 6.73. The van der Waals surface area contributed by atoms with Crippen LogP contribution in [0, 0.1) is 0 Å². The van der Waals surface area contributed by atoms with E-state index in [1.54, 1.807) is 4.90 Å². The maximum atomic E-state index is 12.0. The molecule has 1 aromatic rings. The maximum Gasteiger partial charge on any atom is 0.414 e. The summed E-state index contributed by atoms with van der Waals surface area (Å²) >= 11 is 0. The zero-order chi connectivity index (χ0) is 14.2. The number of hydrogen-bond donors (Lipinski definition) is 0. The van der Waals surface area contributed by atoms with E-state index in [0.717, 1.165) is 24.1 Å². The summed E-state index contributed by atoms with van der Waals surface area (Å²) in [4.78, 5) is 18.5. The summed E-state index contributed by atoms with van der Waals surface area (Å²) in [5.74, 6) is 2.76. The van der Waals surface area contributed by atoms with E-state index < -0.39 is 0 Å². The van der Waals surface area contributed by atoms with Crippen molar-refractivity contribution in [1.82, 2.24) is 4.90 Å². The van der Waals surface area contributed by atoms with E-state index in [4.69, 9.17) is 9.57 Å². The van der Waals surface area contributed by atoms with E-state index in [1.165, 1.54) is 0 Å². The van der Waals surface area contributed by atoms with E-state index in [-0.39, 0.29) is 25.1 Å². The smallest absolute Gasteiger partial charge is 0.414 e. The number of ether oxygens (including phenoxy) is 1. The molecule has 5 nitrogen and oxygen atoms in total. The molecule has 0 aromatic heterocycles. The molecule has 1 aromatic carbocycles. The summed E-state index contributed by atoms with van der Waals surface area (Å²) in [6, 6.07) is 9.60. The zero-order valence-corrected chi connectivity index (χ0v) is 12.8. The summed E-state index contributed by atoms with van der Waals surface area (Å²) < 4.78 is 5.29. The molecule has 21 heavy (non-hydrogen) atoms. The highest BCUT2D eigenvalue weighted by Gasteiger charge is 2.25. The summed E-state index contributed by atoms with van der Waals surface area (Å²) in [5, 5.41) is 3.69. The third-order valence-electron chi connectivity index (χ3n) is 2.91. The molecule has 2 rings (SSSR count). The number of nitrogens with zero attached hydrogens (tertiary/aromatic N) is 2. The highest BCUT2D eigenvalue weighted by molar-refractivity contribution is 5.85. The summed E-state index contributed by atoms with van der Waals surface area (Å²) in [5.41, 5.74) is 1.69. The van der Waals surface area contributed by atoms with E-state index in [9.17, 15) is 4.79 Å². The number of rotatable bonds is 4. The van der Waals surface area contributed by atoms with Gasteiger partial charge in [-0.1, -0.05) is 30.3 Å². The number of carbonyl (C=O) groups excluding carboxylic acids is 1. The molecule has 0 aliphatic carbocycles. The quantitative estimate of drug-likeness (QED) is 0.633. The van der Waals surface area contributed by atoms with E-state index in [1.807, 2.05) is 37.3 Å². The summed E-state index contributed by atoms with van der Waals surface area (Å²) in [7, 11) is 0. The molecule has 1 fully saturated rings. The second-order valence-electron chi connectivity index (χ2n) is 4.36. The molecule has 1 aliphatic rings. The van der Waals surface area contributed by atoms with Gasteiger partial charge in [0, 0.05) is 6.54 Å². The fourth-order valence-corrected chi connectivity index (χ4v) is 1.94. The van der Waals surface area contributed by atoms with Crippen molar-refractivity contribution in [2.24, 2.45) is 5.16 Å². The Morgan fingerprint density at radius 1 is 1.38 bits per heavy atom. The van der Waals surface area contributed by atoms with Gasteiger partial charge in [-0.25, -0.2) is 4.79 Å². The Balaban J connectivity index is 0.00000220. The number of carbonyl (C=O) groups is 1. The molecule has 1 heterocycles. The predicted molar refractivity (Wildman–Crippen MR) is 82.4 cm³/mol. The van der Waals surface area contributed by atoms with Gasteiger partial charge in [0.2, 0.25) is 0 Å². The Hall–Kier alpha value is -1.97. The van der Waals surface area contributed by atoms with Crippen molar-refractivity contribution >= 4 is 24.4 Å². The third-order valence-corrected chi connectivity index (χ3v) is 2.91. The lowest BCUT2D eigenvalue weighted by Crippen LogP contribution is -2.27. The van der Waals surface area contributed by atoms with Crippen LogP contribution in [-0.4, -0.2) is 30.0 Å². The SMILES string of the molecule is CCON=C=C1CCCN1C(=O)OCc1ccccc1.Cl. The van der Waals surface area contributed by atoms with Crippen LogP contribution in [-0.2, 0) is 16.2 Å². The largest absolute Gasteiger partial charge is 0.444 e. The maximum absolute atomic E-state index is 12.0. The molecule has 1 amide bonds. The molecule has 1 saturated heterocycles. The van der Waals surface area contributed by atoms with Crippen LogP contribution in [0.2, 0.25) is 0 Å². The molecule has 0 radical (unpaired) electrons. The van der Waals surface area contributed by atoms with Crippen LogP contribution < -0.4 is 0 Å². The van der Waals surface area contributed by atoms with Gasteiger partial charge in [0.1, 0.15) is 13.2 Å². The lowest BCUT2D eigenvalue weighted by molar-refractivity contribution is 0.111. The molecule has 0 atom stereocenters. The van der Waals surface area contributed by atoms with Gasteiger partial charge >= 0.3 is 6.09 Å². The van der Waals surface area contributed by atoms with Gasteiger partial charge in [-0.3, -0.25) is 4.90 Å². The molecule has 0 N–H and O–H groups in total. The van der Waals surface area contributed by atoms with E-state index >= 15 is 0 Å². The van der Waals surface area contributed by atoms with Crippen LogP contribution in [0.25, 0.3) is 0 Å². The van der Waals surface area contributed by atoms with Gasteiger partial charge in [0.05, 0.1) is 11.6 Å². The first kappa shape index (κ1) is 17.1. The highest BCUT2D eigenvalue weighted by Crippen LogP contribution is 2.19. The van der Waals surface area contributed by atoms with Crippen molar-refractivity contribution in [1.29, 1.82) is 0 Å². The Morgan fingerprint density at radius 3 is 2.86 bits per heavy atom. The van der Waals surface area contributed by atoms with Gasteiger partial charge in [-0.2, -0.15) is 0 Å². The minimum atomic E-state index is -0.361. The molecule has 0 spiro atoms. The van der Waals surface area contributed by atoms with Crippen molar-refractivity contribution < 1.29 is 14.4 Å². The van der Waals surface area contributed by atoms with Crippen LogP contribution in [0.15, 0.2) is 41.2 Å². The van der Waals surface area contributed by atoms with Crippen molar-refractivity contribution in [3.05, 3.63) is 41.6 Å². The van der Waals surface area contributed by atoms with Gasteiger partial charge in [-0.05, 0) is 30.5 Å². The molecular weight excluding hydrogens is 292 g/mol. The monoisotopic (exact) mass is 310 g/mol. The van der Waals surface area contributed by atoms with Crippen molar-refractivity contribution in [3.63, 3.8) is 0 Å². The molecule has 0 bridgehead atoms. The van der Waals surface area contributed by atoms with Gasteiger partial charge in [-0.15, -0.1) is 12.4 Å². The van der Waals surface area contributed by atoms with Crippen LogP contribution in [0.4, 0.5) is 4.79 Å². The molecule has 0 saturated carbocycles. The highest BCUT2D eigenvalue weighted by atomic mass is 35.5. The number of allylic oxidation sites excluding steroid dienone is 1. The van der Waals surface area contributed by atoms with E-state index in [0.29, 0.717) is 13.2 Å². The Morgan fingerprint density at radius 2 is 2.14 bits per heavy atom. The zero-order valence-electron chi connectivity index (χ0n) is 11.9. The predicted octanol–water partition coefficient (Wildman–Crippen LogP) is 3.35. The Bertz CT molecular complexity index is 513. The number of hydrogen-bond acceptors (Lipinski definition) is 4. The lowest BCUT2D eigenvalue weighted by Gasteiger charge is -2.15. The molecule has 114 valence electrons. The van der Waals surface area contributed by atoms with Crippen molar-refractivity contribution in [2.75, 3.05) is 13.2 Å². The van der Waals surface area contributed by atoms with Gasteiger partial charge in [0.15, 0.2) is 0 Å². The van der Waals surface area contributed by atoms with Crippen LogP contribution in [0.1, 0.15) is 25.3 Å². The number of amides is 1. The number of benzene rings is 1. The molecule has 1 aliphatic heterocycles. The number of likely N-dealkylation sites (tertiary alicyclic amines) is 1. The normalized spacial score (nSPS) is 13.2. The summed E-state index contributed by atoms with van der Waals surface area (Å²) in [6.45, 7) is 3.23. The molecular formula is C15H19ClN2O3. The fraction of sp³-hybridized carbons (Fsp3) is 0.400. The molecule has 6 heteroatoms. The van der Waals surface area contributed by atoms with Crippen LogP contribution >= 0.6 is 12.4 Å². The third kappa shape index (κ3) is 5.14. The Kier molecular flexibility index (Phi) is 7.37. The molecule has 0 unspecified atom stereocenters. The minimum Gasteiger partial charge on any atom is -0.444 e. The Labute approximate surface area is 130 Å². The first-order chi connectivity index (χ1) is 9.81. The van der Waals surface area contributed by atoms with E-state index in [2.05, 4.69) is 11.0 Å². The fourth-order valence-electron chi connectivity index (χ4n) is 1.94. The van der Waals surface area contributed by atoms with Crippen molar-refractivity contribution in [3.8, 4) is 0 Å². The van der Waals surface area contributed by atoms with Crippen LogP contribution in [0.5, 0.6) is 0 Å². The van der Waals surface area contributed by atoms with Crippen LogP contribution in [0.3, 0.4) is 0 Å². The second kappa shape index (κ2) is 9.06. The topological polar surface area (TPSA) is 51.1 Å². The second-order valence-corrected chi connectivity index (χ2v) is 4.36. The summed E-state index contributed by atoms with van der Waals surface area (Å²) in [6.07, 6.45) is 1.29. The number of halogens is 1. The average Bonchev–Trinajstić information content (AvgIpc) is 2.95. The lowest BCUT2D eigenvalue weighted by atomic mass is 10.2. The van der Waals surface area contributed by atoms with Crippen molar-refractivity contribution in [2.45, 2.75) is 26.4 Å². The standard InChI is InChI=1S/C15H18N2O3.ClH/c1-2-20-16-11-14-9-6-10-17(14)15(18)19-12-13-7-4-3-5-8-13;/h3-5,7-8H,2,6,9-10,12H2,1H3;1H. The van der Waals surface area contributed by atoms with Gasteiger partial charge < -0.3 is 9.57 Å². The first-order valence-electron chi connectivity index (χ1n) is 6.73.